The van der Waals surface area contributed by atoms with Crippen LogP contribution in [0.1, 0.15) is 6.42 Å². The van der Waals surface area contributed by atoms with Crippen LogP contribution in [0.4, 0.5) is 5.69 Å². The van der Waals surface area contributed by atoms with Crippen molar-refractivity contribution in [2.24, 2.45) is 0 Å². The summed E-state index contributed by atoms with van der Waals surface area (Å²) in [4.78, 5) is 0.374. The highest BCUT2D eigenvalue weighted by Crippen LogP contribution is 2.22. The second-order valence-corrected chi connectivity index (χ2v) is 7.17. The first-order valence-electron chi connectivity index (χ1n) is 5.20. The van der Waals surface area contributed by atoms with Crippen molar-refractivity contribution in [3.8, 4) is 0 Å². The Morgan fingerprint density at radius 1 is 1.31 bits per heavy atom. The molecule has 1 heterocycles. The molecule has 1 fully saturated rings. The predicted octanol–water partition coefficient (Wildman–Crippen LogP) is 2.01. The van der Waals surface area contributed by atoms with Gasteiger partial charge < -0.3 is 5.32 Å². The number of rotatable bonds is 3. The maximum absolute atomic E-state index is 11.3. The summed E-state index contributed by atoms with van der Waals surface area (Å²) in [6.45, 7) is 0. The summed E-state index contributed by atoms with van der Waals surface area (Å²) < 4.78 is 22.5. The lowest BCUT2D eigenvalue weighted by molar-refractivity contribution is 0.602. The minimum atomic E-state index is -3.08. The van der Waals surface area contributed by atoms with Crippen LogP contribution >= 0.6 is 11.8 Å². The lowest BCUT2D eigenvalue weighted by Crippen LogP contribution is -2.17. The highest BCUT2D eigenvalue weighted by atomic mass is 32.2. The molecule has 1 aromatic rings. The highest BCUT2D eigenvalue weighted by molar-refractivity contribution is 7.99. The SMILES string of the molecule is CS(=O)(=O)c1ccc(NC2CCSC2)cc1. The molecule has 88 valence electrons. The van der Waals surface area contributed by atoms with Crippen molar-refractivity contribution in [3.63, 3.8) is 0 Å². The molecule has 0 aromatic heterocycles. The van der Waals surface area contributed by atoms with Gasteiger partial charge in [-0.15, -0.1) is 0 Å². The van der Waals surface area contributed by atoms with E-state index in [1.54, 1.807) is 12.1 Å². The van der Waals surface area contributed by atoms with Crippen LogP contribution in [-0.4, -0.2) is 32.2 Å². The number of hydrogen-bond acceptors (Lipinski definition) is 4. The molecule has 5 heteroatoms. The first kappa shape index (κ1) is 11.8. The van der Waals surface area contributed by atoms with Crippen LogP contribution in [0.15, 0.2) is 29.2 Å². The van der Waals surface area contributed by atoms with Gasteiger partial charge in [-0.2, -0.15) is 11.8 Å². The number of nitrogens with one attached hydrogen (secondary N) is 1. The van der Waals surface area contributed by atoms with Crippen molar-refractivity contribution in [1.29, 1.82) is 0 Å². The molecule has 1 saturated heterocycles. The fourth-order valence-electron chi connectivity index (χ4n) is 1.68. The van der Waals surface area contributed by atoms with Crippen molar-refractivity contribution in [1.82, 2.24) is 0 Å². The molecule has 0 radical (unpaired) electrons. The largest absolute Gasteiger partial charge is 0.381 e. The Kier molecular flexibility index (Phi) is 3.44. The molecule has 0 amide bonds. The summed E-state index contributed by atoms with van der Waals surface area (Å²) in [5.74, 6) is 2.34. The van der Waals surface area contributed by atoms with Crippen molar-refractivity contribution in [3.05, 3.63) is 24.3 Å². The molecule has 0 bridgehead atoms. The van der Waals surface area contributed by atoms with Crippen molar-refractivity contribution < 1.29 is 8.42 Å². The van der Waals surface area contributed by atoms with Gasteiger partial charge in [-0.05, 0) is 36.4 Å². The van der Waals surface area contributed by atoms with Gasteiger partial charge in [-0.1, -0.05) is 0 Å². The second-order valence-electron chi connectivity index (χ2n) is 4.00. The van der Waals surface area contributed by atoms with E-state index in [2.05, 4.69) is 5.32 Å². The van der Waals surface area contributed by atoms with Gasteiger partial charge in [0.15, 0.2) is 9.84 Å². The van der Waals surface area contributed by atoms with Crippen LogP contribution in [-0.2, 0) is 9.84 Å². The second kappa shape index (κ2) is 4.67. The van der Waals surface area contributed by atoms with E-state index >= 15 is 0 Å². The molecule has 0 saturated carbocycles. The van der Waals surface area contributed by atoms with Crippen molar-refractivity contribution in [2.45, 2.75) is 17.4 Å². The Morgan fingerprint density at radius 3 is 2.50 bits per heavy atom. The molecule has 1 aliphatic heterocycles. The van der Waals surface area contributed by atoms with Crippen LogP contribution in [0.5, 0.6) is 0 Å². The van der Waals surface area contributed by atoms with Crippen molar-refractivity contribution >= 4 is 27.3 Å². The van der Waals surface area contributed by atoms with Gasteiger partial charge >= 0.3 is 0 Å². The topological polar surface area (TPSA) is 46.2 Å². The van der Waals surface area contributed by atoms with E-state index in [1.165, 1.54) is 18.4 Å². The van der Waals surface area contributed by atoms with Gasteiger partial charge in [0.05, 0.1) is 4.90 Å². The fraction of sp³-hybridized carbons (Fsp3) is 0.455. The van der Waals surface area contributed by atoms with E-state index in [1.807, 2.05) is 23.9 Å². The molecule has 1 N–H and O–H groups in total. The predicted molar refractivity (Wildman–Crippen MR) is 68.9 cm³/mol. The zero-order chi connectivity index (χ0) is 11.6. The molecule has 2 rings (SSSR count). The molecule has 0 aliphatic carbocycles. The molecular formula is C11H15NO2S2. The first-order valence-corrected chi connectivity index (χ1v) is 8.25. The number of benzene rings is 1. The minimum absolute atomic E-state index is 0.374. The van der Waals surface area contributed by atoms with Gasteiger partial charge in [-0.25, -0.2) is 8.42 Å². The van der Waals surface area contributed by atoms with Gasteiger partial charge in [0.1, 0.15) is 0 Å². The summed E-state index contributed by atoms with van der Waals surface area (Å²) in [5, 5.41) is 3.40. The molecule has 16 heavy (non-hydrogen) atoms. The zero-order valence-electron chi connectivity index (χ0n) is 9.14. The molecule has 1 aromatic carbocycles. The lowest BCUT2D eigenvalue weighted by atomic mass is 10.2. The van der Waals surface area contributed by atoms with E-state index in [0.29, 0.717) is 10.9 Å². The average Bonchev–Trinajstić information content (AvgIpc) is 2.70. The number of hydrogen-bond donors (Lipinski definition) is 1. The molecule has 1 aliphatic rings. The average molecular weight is 257 g/mol. The zero-order valence-corrected chi connectivity index (χ0v) is 10.8. The third-order valence-corrected chi connectivity index (χ3v) is 4.87. The Labute approximate surface area is 101 Å². The summed E-state index contributed by atoms with van der Waals surface area (Å²) in [5.41, 5.74) is 1.000. The van der Waals surface area contributed by atoms with Gasteiger partial charge in [-0.3, -0.25) is 0 Å². The first-order chi connectivity index (χ1) is 7.55. The van der Waals surface area contributed by atoms with Crippen LogP contribution in [0.2, 0.25) is 0 Å². The van der Waals surface area contributed by atoms with Gasteiger partial charge in [0, 0.05) is 23.7 Å². The molecular weight excluding hydrogens is 242 g/mol. The Balaban J connectivity index is 2.07. The van der Waals surface area contributed by atoms with E-state index in [9.17, 15) is 8.42 Å². The number of sulfone groups is 1. The summed E-state index contributed by atoms with van der Waals surface area (Å²) in [7, 11) is -3.08. The normalized spacial score (nSPS) is 20.9. The van der Waals surface area contributed by atoms with E-state index in [-0.39, 0.29) is 0 Å². The maximum Gasteiger partial charge on any atom is 0.175 e. The van der Waals surface area contributed by atoms with Crippen LogP contribution in [0.3, 0.4) is 0 Å². The Morgan fingerprint density at radius 2 is 2.00 bits per heavy atom. The molecule has 0 spiro atoms. The third kappa shape index (κ3) is 2.92. The third-order valence-electron chi connectivity index (χ3n) is 2.58. The van der Waals surface area contributed by atoms with Crippen molar-refractivity contribution in [2.75, 3.05) is 23.1 Å². The van der Waals surface area contributed by atoms with Crippen LogP contribution in [0.25, 0.3) is 0 Å². The van der Waals surface area contributed by atoms with E-state index in [0.717, 1.165) is 11.4 Å². The Bertz CT molecular complexity index is 447. The van der Waals surface area contributed by atoms with Gasteiger partial charge in [0.25, 0.3) is 0 Å². The van der Waals surface area contributed by atoms with Gasteiger partial charge in [0.2, 0.25) is 0 Å². The fourth-order valence-corrected chi connectivity index (χ4v) is 3.47. The molecule has 1 unspecified atom stereocenters. The van der Waals surface area contributed by atoms with Crippen LogP contribution < -0.4 is 5.32 Å². The van der Waals surface area contributed by atoms with E-state index < -0.39 is 9.84 Å². The molecule has 1 atom stereocenters. The number of thioether (sulfide) groups is 1. The smallest absolute Gasteiger partial charge is 0.175 e. The van der Waals surface area contributed by atoms with E-state index in [4.69, 9.17) is 0 Å². The maximum atomic E-state index is 11.3. The summed E-state index contributed by atoms with van der Waals surface area (Å²) in [6.07, 6.45) is 2.40. The molecule has 3 nitrogen and oxygen atoms in total. The highest BCUT2D eigenvalue weighted by Gasteiger charge is 2.15. The number of anilines is 1. The standard InChI is InChI=1S/C11H15NO2S2/c1-16(13,14)11-4-2-9(3-5-11)12-10-6-7-15-8-10/h2-5,10,12H,6-8H2,1H3. The quantitative estimate of drug-likeness (QED) is 0.899. The van der Waals surface area contributed by atoms with Crippen LogP contribution in [0, 0.1) is 0 Å². The minimum Gasteiger partial charge on any atom is -0.381 e. The summed E-state index contributed by atoms with van der Waals surface area (Å²) >= 11 is 1.95. The monoisotopic (exact) mass is 257 g/mol. The lowest BCUT2D eigenvalue weighted by Gasteiger charge is -2.12. The summed E-state index contributed by atoms with van der Waals surface area (Å²) in [6, 6.07) is 7.49. The Hall–Kier alpha value is -0.680.